The molecule has 133 heavy (non-hydrogen) atoms. The first-order valence-electron chi connectivity index (χ1n) is 48.3. The molecular formula is C107H163N3O23. The van der Waals surface area contributed by atoms with Crippen LogP contribution in [-0.4, -0.2) is 280 Å². The maximum Gasteiger partial charge on any atom is 0.335 e. The highest BCUT2D eigenvalue weighted by Gasteiger charge is 2.50. The number of carboxylic acid groups (broad SMARTS) is 1. The lowest BCUT2D eigenvalue weighted by Crippen LogP contribution is -2.47. The predicted molar refractivity (Wildman–Crippen MR) is 522 cm³/mol. The number of carbonyl (C=O) groups is 6. The number of hydrogen-bond acceptors (Lipinski definition) is 24. The van der Waals surface area contributed by atoms with E-state index in [0.29, 0.717) is 135 Å². The van der Waals surface area contributed by atoms with Gasteiger partial charge in [0.15, 0.2) is 0 Å². The van der Waals surface area contributed by atoms with Crippen molar-refractivity contribution in [2.75, 3.05) is 198 Å². The number of carboxylic acids is 1. The van der Waals surface area contributed by atoms with Gasteiger partial charge in [0.1, 0.15) is 18.3 Å². The van der Waals surface area contributed by atoms with E-state index in [1.54, 1.807) is 69.9 Å². The summed E-state index contributed by atoms with van der Waals surface area (Å²) in [5.41, 5.74) is 4.92. The number of ether oxygens (including phenoxy) is 12. The molecule has 12 rings (SSSR count). The van der Waals surface area contributed by atoms with E-state index in [1.807, 2.05) is 123 Å². The van der Waals surface area contributed by atoms with Gasteiger partial charge in [0.05, 0.1) is 118 Å². The van der Waals surface area contributed by atoms with Crippen LogP contribution in [0.2, 0.25) is 0 Å². The number of rotatable bonds is 50. The zero-order chi connectivity index (χ0) is 97.4. The zero-order valence-electron chi connectivity index (χ0n) is 82.2. The molecule has 6 aromatic rings. The number of hydrogen-bond donors (Lipinski definition) is 5. The Kier molecular flexibility index (Phi) is 66.0. The van der Waals surface area contributed by atoms with E-state index in [-0.39, 0.29) is 36.8 Å². The van der Waals surface area contributed by atoms with Crippen molar-refractivity contribution in [2.45, 2.75) is 190 Å². The quantitative estimate of drug-likeness (QED) is 0.0102. The van der Waals surface area contributed by atoms with Gasteiger partial charge in [-0.3, -0.25) is 28.9 Å². The van der Waals surface area contributed by atoms with E-state index in [2.05, 4.69) is 87.3 Å². The average molecular weight is 1860 g/mol. The molecule has 0 aromatic heterocycles. The number of nitrogens with zero attached hydrogens (tertiary/aromatic N) is 3. The lowest BCUT2D eigenvalue weighted by molar-refractivity contribution is -0.156. The second kappa shape index (κ2) is 73.9. The molecule has 1 atom stereocenters. The maximum atomic E-state index is 12.6. The number of aromatic carboxylic acids is 1. The summed E-state index contributed by atoms with van der Waals surface area (Å²) < 4.78 is 61.2. The number of aliphatic hydroxyl groups is 4. The summed E-state index contributed by atoms with van der Waals surface area (Å²) in [6.45, 7) is 41.6. The molecule has 1 saturated heterocycles. The normalized spacial score (nSPS) is 16.5. The summed E-state index contributed by atoms with van der Waals surface area (Å²) in [5.74, 6) is -0.0786. The Morgan fingerprint density at radius 2 is 0.729 bits per heavy atom. The summed E-state index contributed by atoms with van der Waals surface area (Å²) in [6, 6.07) is 52.4. The van der Waals surface area contributed by atoms with Crippen LogP contribution >= 0.6 is 0 Å². The lowest BCUT2D eigenvalue weighted by atomic mass is 9.49. The van der Waals surface area contributed by atoms with E-state index >= 15 is 0 Å². The minimum Gasteiger partial charge on any atom is -0.478 e. The fourth-order valence-electron chi connectivity index (χ4n) is 16.3. The predicted octanol–water partition coefficient (Wildman–Crippen LogP) is 16.5. The molecule has 3 amide bonds. The summed E-state index contributed by atoms with van der Waals surface area (Å²) in [7, 11) is 1.66. The monoisotopic (exact) mass is 1860 g/mol. The number of benzene rings is 6. The summed E-state index contributed by atoms with van der Waals surface area (Å²) in [6.07, 6.45) is 21.5. The number of β-amino-alcohol motifs (C(OH)–C–C–N with tert-alkyl or cyclic N) is 1. The molecule has 26 heteroatoms. The van der Waals surface area contributed by atoms with Crippen molar-refractivity contribution in [1.29, 1.82) is 0 Å². The Labute approximate surface area is 795 Å². The molecule has 4 saturated carbocycles. The third-order valence-corrected chi connectivity index (χ3v) is 22.5. The molecule has 744 valence electrons. The van der Waals surface area contributed by atoms with Gasteiger partial charge in [-0.05, 0) is 184 Å². The highest BCUT2D eigenvalue weighted by atomic mass is 16.6. The van der Waals surface area contributed by atoms with E-state index in [9.17, 15) is 33.9 Å². The Morgan fingerprint density at radius 1 is 0.398 bits per heavy atom. The Balaban J connectivity index is 0.000000399. The van der Waals surface area contributed by atoms with Gasteiger partial charge in [-0.1, -0.05) is 207 Å². The zero-order valence-corrected chi connectivity index (χ0v) is 82.2. The number of piperazine rings is 1. The van der Waals surface area contributed by atoms with Crippen LogP contribution in [0.3, 0.4) is 0 Å². The molecule has 2 aliphatic heterocycles. The van der Waals surface area contributed by atoms with Crippen molar-refractivity contribution >= 4 is 35.6 Å². The first-order chi connectivity index (χ1) is 64.5. The van der Waals surface area contributed by atoms with Crippen LogP contribution in [0.5, 0.6) is 0 Å². The van der Waals surface area contributed by atoms with Gasteiger partial charge >= 0.3 is 17.9 Å². The topological polar surface area (TPSA) is 324 Å². The SMILES string of the molecule is CC(c1ccccc1)(c1ccccc1)c1ccc(C(=O)N2C(=O)C=CC2=O)cc1.CCC(COC(C)=O)OC(C)=O.CCCC12CC3CC(CC(C3)C1)C2.CCCN1CCN(CCO)CC1.CCCO.CCCOCCOCCOCCC.CCCOCCOCCOCCO.CCCOCCOCCOCCOC.O=C(O)c1ccc(C(O)(c2ccccc2)c2ccccc2)cc1. The van der Waals surface area contributed by atoms with E-state index in [0.717, 1.165) is 141 Å². The van der Waals surface area contributed by atoms with Crippen LogP contribution in [-0.2, 0) is 87.0 Å². The second-order valence-electron chi connectivity index (χ2n) is 33.4. The fourth-order valence-corrected chi connectivity index (χ4v) is 16.3. The van der Waals surface area contributed by atoms with E-state index in [4.69, 9.17) is 72.5 Å². The van der Waals surface area contributed by atoms with Gasteiger partial charge in [-0.2, -0.15) is 0 Å². The Morgan fingerprint density at radius 3 is 1.05 bits per heavy atom. The number of aliphatic hydroxyl groups excluding tert-OH is 3. The molecule has 5 fully saturated rings. The summed E-state index contributed by atoms with van der Waals surface area (Å²) >= 11 is 0. The number of amides is 3. The third-order valence-electron chi connectivity index (χ3n) is 22.5. The highest BCUT2D eigenvalue weighted by molar-refractivity contribution is 6.25. The molecule has 1 unspecified atom stereocenters. The molecule has 2 heterocycles. The molecule has 5 N–H and O–H groups in total. The first-order valence-corrected chi connectivity index (χ1v) is 48.3. The van der Waals surface area contributed by atoms with Crippen molar-refractivity contribution in [3.8, 4) is 0 Å². The fraction of sp³-hybridized carbons (Fsp3) is 0.589. The van der Waals surface area contributed by atoms with Gasteiger partial charge in [0, 0.05) is 110 Å². The van der Waals surface area contributed by atoms with Crippen molar-refractivity contribution in [2.24, 2.45) is 23.2 Å². The second-order valence-corrected chi connectivity index (χ2v) is 33.4. The van der Waals surface area contributed by atoms with Gasteiger partial charge < -0.3 is 87.3 Å². The van der Waals surface area contributed by atoms with Crippen molar-refractivity contribution < 1.29 is 111 Å². The minimum atomic E-state index is -1.33. The van der Waals surface area contributed by atoms with Crippen LogP contribution in [0.1, 0.15) is 227 Å². The van der Waals surface area contributed by atoms with Gasteiger partial charge in [-0.15, -0.1) is 0 Å². The lowest BCUT2D eigenvalue weighted by Gasteiger charge is -2.57. The van der Waals surface area contributed by atoms with E-state index in [1.165, 1.54) is 64.9 Å². The van der Waals surface area contributed by atoms with Crippen molar-refractivity contribution in [3.05, 3.63) is 227 Å². The average Bonchev–Trinajstić information content (AvgIpc) is 1.17. The van der Waals surface area contributed by atoms with Crippen LogP contribution < -0.4 is 0 Å². The molecule has 4 aliphatic carbocycles. The maximum absolute atomic E-state index is 12.6. The Bertz CT molecular complexity index is 3750. The van der Waals surface area contributed by atoms with Crippen LogP contribution in [0, 0.1) is 23.2 Å². The standard InChI is InChI=1S/C25H19NO3.C20H16O3.C13H22.C10H22O4.C10H22O3.C9H20N2O.C9H20O4.C8H14O4.C3H8O/c1-25(19-8-4-2-5-9-19,20-10-6-3-7-11-20)21-14-12-18(13-15-21)24(29)26-22(27)16-17-23(26)28;21-19(22)15-11-13-18(14-12-15)20(23,16-7-3-1-4-8-16)17-9-5-2-6-10-17;1-2-3-13-7-10-4-11(8-13)6-12(5-10)9-13;1-3-4-12-7-8-14-10-9-13-6-5-11-2;1-3-5-11-7-9-13-10-8-12-6-4-2;1-2-3-10-4-6-11(7-5-10)8-9-12;1-2-4-11-6-8-13-9-7-12-5-3-10;1-4-8(12-7(3)10)5-11-6(2)9;1-2-3-4/h2-17H,1H3;1-14,23H,(H,21,22);10-12H,2-9H2,1H3;3-10H2,1-2H3;3-10H2,1-2H3;12H,2-9H2,1H3;10H,2-9H2,1H3;8H,4-5H2,1-3H3;4H,2-3H2,1H3. The van der Waals surface area contributed by atoms with Gasteiger partial charge in [-0.25, -0.2) is 9.69 Å². The molecular weight excluding hydrogens is 1700 g/mol. The molecule has 26 nitrogen and oxygen atoms in total. The largest absolute Gasteiger partial charge is 0.478 e. The van der Waals surface area contributed by atoms with Crippen LogP contribution in [0.4, 0.5) is 0 Å². The number of carbonyl (C=O) groups excluding carboxylic acids is 5. The highest BCUT2D eigenvalue weighted by Crippen LogP contribution is 2.61. The molecule has 0 radical (unpaired) electrons. The van der Waals surface area contributed by atoms with Crippen LogP contribution in [0.15, 0.2) is 182 Å². The van der Waals surface area contributed by atoms with E-state index < -0.39 is 34.7 Å². The van der Waals surface area contributed by atoms with Crippen LogP contribution in [0.25, 0.3) is 0 Å². The number of esters is 2. The Hall–Kier alpha value is -8.36. The third kappa shape index (κ3) is 48.3. The van der Waals surface area contributed by atoms with Gasteiger partial charge in [0.25, 0.3) is 17.7 Å². The summed E-state index contributed by atoms with van der Waals surface area (Å²) in [5, 5.41) is 45.5. The minimum absolute atomic E-state index is 0.0691. The van der Waals surface area contributed by atoms with Crippen molar-refractivity contribution in [3.63, 3.8) is 0 Å². The first kappa shape index (κ1) is 119. The molecule has 6 aromatic carbocycles. The number of methoxy groups -OCH3 is 1. The number of imide groups is 3. The van der Waals surface area contributed by atoms with Crippen molar-refractivity contribution in [1.82, 2.24) is 14.7 Å². The van der Waals surface area contributed by atoms with Gasteiger partial charge in [0.2, 0.25) is 0 Å². The molecule has 4 bridgehead atoms. The molecule has 6 aliphatic rings. The molecule has 0 spiro atoms. The summed E-state index contributed by atoms with van der Waals surface area (Å²) in [4.78, 5) is 73.6. The smallest absolute Gasteiger partial charge is 0.335 e.